The molecule has 0 fully saturated rings. The lowest BCUT2D eigenvalue weighted by atomic mass is 10.0. The minimum Gasteiger partial charge on any atom is -0.321 e. The van der Waals surface area contributed by atoms with E-state index in [1.807, 2.05) is 6.07 Å². The van der Waals surface area contributed by atoms with Gasteiger partial charge in [0.15, 0.2) is 0 Å². The maximum atomic E-state index is 13.1. The molecule has 2 aromatic heterocycles. The van der Waals surface area contributed by atoms with Gasteiger partial charge in [-0.25, -0.2) is 4.98 Å². The van der Waals surface area contributed by atoms with E-state index in [-0.39, 0.29) is 16.8 Å². The first-order chi connectivity index (χ1) is 11.8. The van der Waals surface area contributed by atoms with Crippen molar-refractivity contribution in [2.75, 3.05) is 5.32 Å². The molecule has 4 nitrogen and oxygen atoms in total. The molecule has 126 valence electrons. The smallest absolute Gasteiger partial charge is 0.321 e. The SMILES string of the molecule is O=C1Nc2c(cccc2C(F)(F)F)/C1=C/c1cnc2ccc(Br)cn12. The number of fused-ring (bicyclic) bond motifs is 2. The number of carbonyl (C=O) groups is 1. The standard InChI is InChI=1S/C17H9BrF3N3O/c18-9-4-5-14-22-7-10(24(14)8-9)6-12-11-2-1-3-13(17(19,20)21)15(11)23-16(12)25/h1-8H,(H,23,25)/b12-6-. The Morgan fingerprint density at radius 2 is 2.00 bits per heavy atom. The summed E-state index contributed by atoms with van der Waals surface area (Å²) >= 11 is 3.36. The van der Waals surface area contributed by atoms with Crippen molar-refractivity contribution in [3.05, 3.63) is 64.0 Å². The normalized spacial score (nSPS) is 15.7. The topological polar surface area (TPSA) is 46.4 Å². The highest BCUT2D eigenvalue weighted by molar-refractivity contribution is 9.10. The van der Waals surface area contributed by atoms with Crippen LogP contribution in [0, 0.1) is 0 Å². The number of para-hydroxylation sites is 1. The molecule has 1 aliphatic rings. The van der Waals surface area contributed by atoms with Crippen molar-refractivity contribution in [2.45, 2.75) is 6.18 Å². The fraction of sp³-hybridized carbons (Fsp3) is 0.0588. The zero-order chi connectivity index (χ0) is 17.8. The van der Waals surface area contributed by atoms with Gasteiger partial charge in [0.2, 0.25) is 0 Å². The number of nitrogens with zero attached hydrogens (tertiary/aromatic N) is 2. The monoisotopic (exact) mass is 407 g/mol. The summed E-state index contributed by atoms with van der Waals surface area (Å²) in [6.45, 7) is 0. The molecule has 0 spiro atoms. The highest BCUT2D eigenvalue weighted by Crippen LogP contribution is 2.42. The number of rotatable bonds is 1. The summed E-state index contributed by atoms with van der Waals surface area (Å²) < 4.78 is 42.0. The molecule has 8 heteroatoms. The number of nitrogens with one attached hydrogen (secondary N) is 1. The van der Waals surface area contributed by atoms with Crippen LogP contribution >= 0.6 is 15.9 Å². The molecular formula is C17H9BrF3N3O. The lowest BCUT2D eigenvalue weighted by molar-refractivity contribution is -0.136. The van der Waals surface area contributed by atoms with Gasteiger partial charge in [-0.3, -0.25) is 9.20 Å². The van der Waals surface area contributed by atoms with Crippen LogP contribution in [0.2, 0.25) is 0 Å². The molecule has 4 rings (SSSR count). The first-order valence-electron chi connectivity index (χ1n) is 7.21. The third kappa shape index (κ3) is 2.62. The summed E-state index contributed by atoms with van der Waals surface area (Å²) in [5.74, 6) is -0.573. The molecule has 1 amide bonds. The predicted octanol–water partition coefficient (Wildman–Crippen LogP) is 4.61. The Balaban J connectivity index is 1.89. The van der Waals surface area contributed by atoms with Crippen LogP contribution in [0.25, 0.3) is 17.3 Å². The van der Waals surface area contributed by atoms with Gasteiger partial charge in [-0.1, -0.05) is 12.1 Å². The maximum absolute atomic E-state index is 13.1. The number of hydrogen-bond donors (Lipinski definition) is 1. The molecule has 0 unspecified atom stereocenters. The number of imidazole rings is 1. The van der Waals surface area contributed by atoms with Crippen LogP contribution in [0.4, 0.5) is 18.9 Å². The van der Waals surface area contributed by atoms with Crippen LogP contribution in [0.3, 0.4) is 0 Å². The molecule has 0 aliphatic carbocycles. The number of carbonyl (C=O) groups excluding carboxylic acids is 1. The van der Waals surface area contributed by atoms with Crippen LogP contribution < -0.4 is 5.32 Å². The van der Waals surface area contributed by atoms with Gasteiger partial charge < -0.3 is 5.32 Å². The van der Waals surface area contributed by atoms with E-state index in [4.69, 9.17) is 0 Å². The molecule has 25 heavy (non-hydrogen) atoms. The summed E-state index contributed by atoms with van der Waals surface area (Å²) in [6.07, 6.45) is 0.332. The highest BCUT2D eigenvalue weighted by Gasteiger charge is 2.38. The largest absolute Gasteiger partial charge is 0.418 e. The molecule has 0 saturated carbocycles. The highest BCUT2D eigenvalue weighted by atomic mass is 79.9. The summed E-state index contributed by atoms with van der Waals surface area (Å²) in [5.41, 5.74) is 0.584. The van der Waals surface area contributed by atoms with Crippen LogP contribution in [0.5, 0.6) is 0 Å². The predicted molar refractivity (Wildman–Crippen MR) is 90.8 cm³/mol. The van der Waals surface area contributed by atoms with Crippen LogP contribution in [0.15, 0.2) is 47.2 Å². The number of alkyl halides is 3. The average molecular weight is 408 g/mol. The van der Waals surface area contributed by atoms with E-state index in [9.17, 15) is 18.0 Å². The molecule has 3 aromatic rings. The van der Waals surface area contributed by atoms with Crippen molar-refractivity contribution >= 4 is 44.8 Å². The number of halogens is 4. The van der Waals surface area contributed by atoms with Crippen molar-refractivity contribution in [1.29, 1.82) is 0 Å². The van der Waals surface area contributed by atoms with Gasteiger partial charge in [0.25, 0.3) is 5.91 Å². The third-order valence-electron chi connectivity index (χ3n) is 3.93. The molecule has 0 saturated heterocycles. The van der Waals surface area contributed by atoms with Crippen molar-refractivity contribution < 1.29 is 18.0 Å². The Kier molecular flexibility index (Phi) is 3.47. The Hall–Kier alpha value is -2.61. The fourth-order valence-corrected chi connectivity index (χ4v) is 3.16. The second-order valence-electron chi connectivity index (χ2n) is 5.50. The second-order valence-corrected chi connectivity index (χ2v) is 6.41. The number of hydrogen-bond acceptors (Lipinski definition) is 2. The number of aromatic nitrogens is 2. The van der Waals surface area contributed by atoms with Gasteiger partial charge in [-0.05, 0) is 40.2 Å². The van der Waals surface area contributed by atoms with Gasteiger partial charge in [0.05, 0.1) is 28.7 Å². The van der Waals surface area contributed by atoms with Gasteiger partial charge in [0, 0.05) is 16.2 Å². The van der Waals surface area contributed by atoms with E-state index in [0.717, 1.165) is 10.5 Å². The summed E-state index contributed by atoms with van der Waals surface area (Å²) in [5, 5.41) is 2.33. The second kappa shape index (κ2) is 5.45. The minimum absolute atomic E-state index is 0.169. The molecule has 1 N–H and O–H groups in total. The number of amides is 1. The summed E-state index contributed by atoms with van der Waals surface area (Å²) in [7, 11) is 0. The van der Waals surface area contributed by atoms with Crippen LogP contribution in [0.1, 0.15) is 16.8 Å². The molecular weight excluding hydrogens is 399 g/mol. The quantitative estimate of drug-likeness (QED) is 0.598. The molecule has 1 aromatic carbocycles. The lowest BCUT2D eigenvalue weighted by Gasteiger charge is -2.10. The van der Waals surface area contributed by atoms with E-state index in [1.165, 1.54) is 18.2 Å². The maximum Gasteiger partial charge on any atom is 0.418 e. The van der Waals surface area contributed by atoms with E-state index in [2.05, 4.69) is 26.2 Å². The van der Waals surface area contributed by atoms with Crippen LogP contribution in [-0.2, 0) is 11.0 Å². The van der Waals surface area contributed by atoms with Gasteiger partial charge in [0.1, 0.15) is 5.65 Å². The van der Waals surface area contributed by atoms with Crippen LogP contribution in [-0.4, -0.2) is 15.3 Å². The molecule has 1 aliphatic heterocycles. The van der Waals surface area contributed by atoms with Gasteiger partial charge in [-0.15, -0.1) is 0 Å². The summed E-state index contributed by atoms with van der Waals surface area (Å²) in [6, 6.07) is 7.35. The first-order valence-corrected chi connectivity index (χ1v) is 8.00. The van der Waals surface area contributed by atoms with E-state index in [1.54, 1.807) is 22.9 Å². The van der Waals surface area contributed by atoms with E-state index in [0.29, 0.717) is 11.3 Å². The zero-order valence-corrected chi connectivity index (χ0v) is 14.0. The number of benzene rings is 1. The van der Waals surface area contributed by atoms with Crippen molar-refractivity contribution in [3.63, 3.8) is 0 Å². The fourth-order valence-electron chi connectivity index (χ4n) is 2.82. The van der Waals surface area contributed by atoms with Crippen molar-refractivity contribution in [3.8, 4) is 0 Å². The lowest BCUT2D eigenvalue weighted by Crippen LogP contribution is -2.10. The van der Waals surface area contributed by atoms with Gasteiger partial charge >= 0.3 is 6.18 Å². The van der Waals surface area contributed by atoms with E-state index < -0.39 is 17.6 Å². The number of anilines is 1. The molecule has 3 heterocycles. The summed E-state index contributed by atoms with van der Waals surface area (Å²) in [4.78, 5) is 16.5. The van der Waals surface area contributed by atoms with E-state index >= 15 is 0 Å². The Labute approximate surface area is 148 Å². The first kappa shape index (κ1) is 15.9. The zero-order valence-electron chi connectivity index (χ0n) is 12.4. The Bertz CT molecular complexity index is 1050. The molecule has 0 radical (unpaired) electrons. The van der Waals surface area contributed by atoms with Crippen molar-refractivity contribution in [2.24, 2.45) is 0 Å². The Morgan fingerprint density at radius 3 is 2.76 bits per heavy atom. The van der Waals surface area contributed by atoms with Gasteiger partial charge in [-0.2, -0.15) is 13.2 Å². The molecule has 0 atom stereocenters. The Morgan fingerprint density at radius 1 is 1.20 bits per heavy atom. The molecule has 0 bridgehead atoms. The number of pyridine rings is 1. The van der Waals surface area contributed by atoms with Crippen molar-refractivity contribution in [1.82, 2.24) is 9.38 Å². The minimum atomic E-state index is -4.54. The third-order valence-corrected chi connectivity index (χ3v) is 4.40. The average Bonchev–Trinajstić information content (AvgIpc) is 3.08.